The minimum atomic E-state index is -0.500. The molecule has 0 saturated carbocycles. The van der Waals surface area contributed by atoms with Crippen LogP contribution in [0.15, 0.2) is 41.3 Å². The van der Waals surface area contributed by atoms with Crippen LogP contribution in [0.3, 0.4) is 0 Å². The third-order valence-corrected chi connectivity index (χ3v) is 7.27. The van der Waals surface area contributed by atoms with Crippen LogP contribution < -0.4 is 9.47 Å². The van der Waals surface area contributed by atoms with E-state index in [2.05, 4.69) is 0 Å². The van der Waals surface area contributed by atoms with E-state index < -0.39 is 11.1 Å². The number of carbonyl (C=O) groups excluding carboxylic acids is 3. The fourth-order valence-corrected chi connectivity index (χ4v) is 5.20. The van der Waals surface area contributed by atoms with Crippen molar-refractivity contribution < 1.29 is 23.9 Å². The zero-order valence-corrected chi connectivity index (χ0v) is 21.4. The summed E-state index contributed by atoms with van der Waals surface area (Å²) in [4.78, 5) is 41.1. The summed E-state index contributed by atoms with van der Waals surface area (Å²) < 4.78 is 11.5. The lowest BCUT2D eigenvalue weighted by Gasteiger charge is -2.27. The average Bonchev–Trinajstić information content (AvgIpc) is 3.11. The number of likely N-dealkylation sites (tertiary alicyclic amines) is 1. The van der Waals surface area contributed by atoms with E-state index in [-0.39, 0.29) is 24.0 Å². The zero-order chi connectivity index (χ0) is 24.9. The minimum Gasteiger partial charge on any atom is -0.493 e. The van der Waals surface area contributed by atoms with Crippen molar-refractivity contribution in [3.63, 3.8) is 0 Å². The monoisotopic (exact) mass is 534 g/mol. The average molecular weight is 535 g/mol. The number of amides is 3. The van der Waals surface area contributed by atoms with Gasteiger partial charge in [-0.15, -0.1) is 0 Å². The first-order valence-electron chi connectivity index (χ1n) is 11.1. The minimum absolute atomic E-state index is 0.142. The lowest BCUT2D eigenvalue weighted by Crippen LogP contribution is -2.44. The van der Waals surface area contributed by atoms with Gasteiger partial charge in [0.15, 0.2) is 11.5 Å². The van der Waals surface area contributed by atoms with E-state index in [4.69, 9.17) is 32.7 Å². The normalized spacial score (nSPS) is 17.3. The Morgan fingerprint density at radius 2 is 1.89 bits per heavy atom. The third-order valence-electron chi connectivity index (χ3n) is 5.78. The molecule has 0 radical (unpaired) electrons. The maximum Gasteiger partial charge on any atom is 0.294 e. The van der Waals surface area contributed by atoms with E-state index >= 15 is 0 Å². The van der Waals surface area contributed by atoms with Gasteiger partial charge in [-0.2, -0.15) is 0 Å². The molecular formula is C25H24Cl2N2O5S. The van der Waals surface area contributed by atoms with Crippen molar-refractivity contribution in [2.75, 3.05) is 26.7 Å². The van der Waals surface area contributed by atoms with Crippen molar-refractivity contribution in [2.45, 2.75) is 25.9 Å². The summed E-state index contributed by atoms with van der Waals surface area (Å²) in [7, 11) is 1.52. The molecule has 2 heterocycles. The van der Waals surface area contributed by atoms with E-state index in [0.717, 1.165) is 41.5 Å². The summed E-state index contributed by atoms with van der Waals surface area (Å²) in [6.45, 7) is 1.21. The van der Waals surface area contributed by atoms with Gasteiger partial charge in [-0.3, -0.25) is 19.3 Å². The molecule has 0 aliphatic carbocycles. The fraction of sp³-hybridized carbons (Fsp3) is 0.320. The van der Waals surface area contributed by atoms with Gasteiger partial charge in [0.05, 0.1) is 12.0 Å². The number of hydrogen-bond donors (Lipinski definition) is 0. The lowest BCUT2D eigenvalue weighted by atomic mass is 10.1. The van der Waals surface area contributed by atoms with Crippen LogP contribution in [0.1, 0.15) is 30.4 Å². The Balaban J connectivity index is 1.54. The van der Waals surface area contributed by atoms with Crippen LogP contribution in [0.5, 0.6) is 11.5 Å². The standard InChI is InChI=1S/C25H24Cl2N2O5S/c1-33-20-7-5-6-16(23(20)34-15-17-8-9-18(26)13-19(17)27)12-21-24(31)29(25(32)35-21)14-22(30)28-10-3-2-4-11-28/h5-9,12-13H,2-4,10-11,14-15H2,1H3/b21-12-. The molecule has 2 aromatic carbocycles. The second kappa shape index (κ2) is 11.4. The predicted octanol–water partition coefficient (Wildman–Crippen LogP) is 5.63. The molecule has 2 fully saturated rings. The van der Waals surface area contributed by atoms with E-state index in [1.807, 2.05) is 0 Å². The Morgan fingerprint density at radius 1 is 1.11 bits per heavy atom. The second-order valence-electron chi connectivity index (χ2n) is 8.11. The molecular weight excluding hydrogens is 511 g/mol. The molecule has 0 bridgehead atoms. The van der Waals surface area contributed by atoms with Gasteiger partial charge in [0, 0.05) is 34.3 Å². The van der Waals surface area contributed by atoms with Crippen LogP contribution in [0.25, 0.3) is 6.08 Å². The Morgan fingerprint density at radius 3 is 2.60 bits per heavy atom. The van der Waals surface area contributed by atoms with Crippen LogP contribution in [0.2, 0.25) is 10.0 Å². The predicted molar refractivity (Wildman–Crippen MR) is 137 cm³/mol. The number of methoxy groups -OCH3 is 1. The number of piperidine rings is 1. The first kappa shape index (κ1) is 25.4. The highest BCUT2D eigenvalue weighted by Gasteiger charge is 2.37. The summed E-state index contributed by atoms with van der Waals surface area (Å²) in [5.74, 6) is 0.152. The van der Waals surface area contributed by atoms with Crippen molar-refractivity contribution >= 4 is 58.1 Å². The van der Waals surface area contributed by atoms with Crippen LogP contribution in [-0.2, 0) is 16.2 Å². The molecule has 3 amide bonds. The molecule has 184 valence electrons. The molecule has 0 spiro atoms. The van der Waals surface area contributed by atoms with Gasteiger partial charge in [0.25, 0.3) is 11.1 Å². The molecule has 2 aromatic rings. The first-order chi connectivity index (χ1) is 16.9. The van der Waals surface area contributed by atoms with Crippen LogP contribution >= 0.6 is 35.0 Å². The van der Waals surface area contributed by atoms with Gasteiger partial charge >= 0.3 is 0 Å². The summed E-state index contributed by atoms with van der Waals surface area (Å²) in [5.41, 5.74) is 1.28. The molecule has 0 unspecified atom stereocenters. The van der Waals surface area contributed by atoms with Gasteiger partial charge < -0.3 is 14.4 Å². The Kier molecular flexibility index (Phi) is 8.26. The van der Waals surface area contributed by atoms with Crippen LogP contribution in [0, 0.1) is 0 Å². The number of nitrogens with zero attached hydrogens (tertiary/aromatic N) is 2. The maximum absolute atomic E-state index is 13.0. The van der Waals surface area contributed by atoms with Gasteiger partial charge in [-0.25, -0.2) is 0 Å². The number of ether oxygens (including phenoxy) is 2. The highest BCUT2D eigenvalue weighted by molar-refractivity contribution is 8.18. The molecule has 0 atom stereocenters. The molecule has 2 aliphatic heterocycles. The summed E-state index contributed by atoms with van der Waals surface area (Å²) in [6, 6.07) is 10.4. The molecule has 4 rings (SSSR count). The van der Waals surface area contributed by atoms with Gasteiger partial charge in [-0.1, -0.05) is 41.4 Å². The van der Waals surface area contributed by atoms with E-state index in [9.17, 15) is 14.4 Å². The van der Waals surface area contributed by atoms with Crippen molar-refractivity contribution in [3.8, 4) is 11.5 Å². The van der Waals surface area contributed by atoms with E-state index in [1.54, 1.807) is 47.4 Å². The molecule has 2 aliphatic rings. The second-order valence-corrected chi connectivity index (χ2v) is 9.95. The van der Waals surface area contributed by atoms with Crippen LogP contribution in [0.4, 0.5) is 4.79 Å². The third kappa shape index (κ3) is 5.94. The van der Waals surface area contributed by atoms with Crippen molar-refractivity contribution in [1.29, 1.82) is 0 Å². The zero-order valence-electron chi connectivity index (χ0n) is 19.1. The van der Waals surface area contributed by atoms with Crippen molar-refractivity contribution in [1.82, 2.24) is 9.80 Å². The Bertz CT molecular complexity index is 1180. The topological polar surface area (TPSA) is 76.2 Å². The van der Waals surface area contributed by atoms with Crippen molar-refractivity contribution in [2.24, 2.45) is 0 Å². The van der Waals surface area contributed by atoms with Gasteiger partial charge in [0.2, 0.25) is 5.91 Å². The number of halogens is 2. The van der Waals surface area contributed by atoms with Crippen molar-refractivity contribution in [3.05, 3.63) is 62.5 Å². The molecule has 10 heteroatoms. The van der Waals surface area contributed by atoms with Gasteiger partial charge in [0.1, 0.15) is 13.2 Å². The number of benzene rings is 2. The molecule has 2 saturated heterocycles. The summed E-state index contributed by atoms with van der Waals surface area (Å²) >= 11 is 13.0. The Labute approximate surface area is 217 Å². The fourth-order valence-electron chi connectivity index (χ4n) is 3.91. The molecule has 0 aromatic heterocycles. The highest BCUT2D eigenvalue weighted by Crippen LogP contribution is 2.38. The molecule has 0 N–H and O–H groups in total. The quantitative estimate of drug-likeness (QED) is 0.428. The number of hydrogen-bond acceptors (Lipinski definition) is 6. The van der Waals surface area contributed by atoms with E-state index in [0.29, 0.717) is 40.2 Å². The number of carbonyl (C=O) groups is 3. The van der Waals surface area contributed by atoms with E-state index in [1.165, 1.54) is 7.11 Å². The highest BCUT2D eigenvalue weighted by atomic mass is 35.5. The molecule has 7 nitrogen and oxygen atoms in total. The number of imide groups is 1. The Hall–Kier alpha value is -2.68. The smallest absolute Gasteiger partial charge is 0.294 e. The molecule has 35 heavy (non-hydrogen) atoms. The number of thioether (sulfide) groups is 1. The first-order valence-corrected chi connectivity index (χ1v) is 12.7. The number of rotatable bonds is 7. The largest absolute Gasteiger partial charge is 0.493 e. The van der Waals surface area contributed by atoms with Crippen LogP contribution in [-0.4, -0.2) is 53.6 Å². The SMILES string of the molecule is COc1cccc(/C=C2\SC(=O)N(CC(=O)N3CCCCC3)C2=O)c1OCc1ccc(Cl)cc1Cl. The lowest BCUT2D eigenvalue weighted by molar-refractivity contribution is -0.136. The summed E-state index contributed by atoms with van der Waals surface area (Å²) in [6.07, 6.45) is 4.54. The maximum atomic E-state index is 13.0. The summed E-state index contributed by atoms with van der Waals surface area (Å²) in [5, 5.41) is 0.518. The number of para-hydroxylation sites is 1. The van der Waals surface area contributed by atoms with Gasteiger partial charge in [-0.05, 0) is 55.3 Å².